The van der Waals surface area contributed by atoms with E-state index >= 15 is 0 Å². The van der Waals surface area contributed by atoms with Crippen LogP contribution in [0.3, 0.4) is 0 Å². The Balaban J connectivity index is 1.71. The number of imide groups is 1. The highest BCUT2D eigenvalue weighted by Crippen LogP contribution is 2.37. The third-order valence-electron chi connectivity index (χ3n) is 7.94. The summed E-state index contributed by atoms with van der Waals surface area (Å²) < 4.78 is 11.8. The molecular formula is C27H43NO4Si. The van der Waals surface area contributed by atoms with Crippen LogP contribution in [-0.4, -0.2) is 44.5 Å². The first-order valence-corrected chi connectivity index (χ1v) is 15.7. The fourth-order valence-corrected chi connectivity index (χ4v) is 5.87. The first kappa shape index (κ1) is 26.0. The molecule has 33 heavy (non-hydrogen) atoms. The minimum atomic E-state index is -1.88. The highest BCUT2D eigenvalue weighted by Gasteiger charge is 2.42. The van der Waals surface area contributed by atoms with Gasteiger partial charge >= 0.3 is 6.09 Å². The van der Waals surface area contributed by atoms with E-state index in [0.29, 0.717) is 25.4 Å². The lowest BCUT2D eigenvalue weighted by Gasteiger charge is -2.37. The fraction of sp³-hybridized carbons (Fsp3) is 0.704. The van der Waals surface area contributed by atoms with Gasteiger partial charge in [0.2, 0.25) is 5.91 Å². The molecule has 0 bridgehead atoms. The number of ether oxygens (including phenoxy) is 1. The van der Waals surface area contributed by atoms with Crippen molar-refractivity contribution in [2.24, 2.45) is 11.8 Å². The van der Waals surface area contributed by atoms with E-state index in [9.17, 15) is 9.59 Å². The summed E-state index contributed by atoms with van der Waals surface area (Å²) in [5.74, 6) is 0.302. The molecule has 2 aliphatic rings. The molecule has 1 aliphatic carbocycles. The Hall–Kier alpha value is -1.66. The van der Waals surface area contributed by atoms with E-state index in [0.717, 1.165) is 12.0 Å². The van der Waals surface area contributed by atoms with Crippen molar-refractivity contribution in [3.05, 3.63) is 35.9 Å². The van der Waals surface area contributed by atoms with Crippen molar-refractivity contribution in [3.8, 4) is 0 Å². The number of cyclic esters (lactones) is 1. The van der Waals surface area contributed by atoms with Gasteiger partial charge in [0.1, 0.15) is 6.61 Å². The normalized spacial score (nSPS) is 21.2. The van der Waals surface area contributed by atoms with E-state index in [2.05, 4.69) is 33.9 Å². The van der Waals surface area contributed by atoms with Crippen molar-refractivity contribution >= 4 is 20.3 Å². The summed E-state index contributed by atoms with van der Waals surface area (Å²) in [6, 6.07) is 9.80. The van der Waals surface area contributed by atoms with E-state index in [1.165, 1.54) is 37.0 Å². The number of carbonyl (C=O) groups is 2. The average Bonchev–Trinajstić information content (AvgIpc) is 3.13. The van der Waals surface area contributed by atoms with Crippen LogP contribution < -0.4 is 0 Å². The zero-order chi connectivity index (χ0) is 24.1. The predicted molar refractivity (Wildman–Crippen MR) is 135 cm³/mol. The van der Waals surface area contributed by atoms with Crippen LogP contribution in [0.1, 0.15) is 71.3 Å². The minimum Gasteiger partial charge on any atom is -0.447 e. The van der Waals surface area contributed by atoms with Gasteiger partial charge in [-0.1, -0.05) is 83.2 Å². The summed E-state index contributed by atoms with van der Waals surface area (Å²) in [6.45, 7) is 12.0. The molecule has 2 amide bonds. The first-order chi connectivity index (χ1) is 15.6. The molecule has 2 unspecified atom stereocenters. The average molecular weight is 474 g/mol. The molecule has 0 N–H and O–H groups in total. The van der Waals surface area contributed by atoms with Gasteiger partial charge in [0.05, 0.1) is 6.04 Å². The van der Waals surface area contributed by atoms with Crippen LogP contribution in [0, 0.1) is 11.8 Å². The van der Waals surface area contributed by atoms with E-state index < -0.39 is 14.4 Å². The Kier molecular flexibility index (Phi) is 8.79. The highest BCUT2D eigenvalue weighted by molar-refractivity contribution is 6.74. The second-order valence-electron chi connectivity index (χ2n) is 11.5. The maximum absolute atomic E-state index is 13.8. The highest BCUT2D eigenvalue weighted by atomic mass is 28.4. The van der Waals surface area contributed by atoms with E-state index in [1.54, 1.807) is 0 Å². The van der Waals surface area contributed by atoms with E-state index in [1.807, 2.05) is 30.3 Å². The summed E-state index contributed by atoms with van der Waals surface area (Å²) in [5, 5.41) is 0.134. The van der Waals surface area contributed by atoms with Gasteiger partial charge in [0.15, 0.2) is 8.32 Å². The molecule has 2 fully saturated rings. The Labute approximate surface area is 201 Å². The van der Waals surface area contributed by atoms with Crippen LogP contribution in [0.5, 0.6) is 0 Å². The van der Waals surface area contributed by atoms with Gasteiger partial charge in [-0.3, -0.25) is 4.79 Å². The van der Waals surface area contributed by atoms with Crippen molar-refractivity contribution in [1.82, 2.24) is 4.90 Å². The van der Waals surface area contributed by atoms with Gasteiger partial charge in [-0.2, -0.15) is 0 Å². The molecule has 2 atom stereocenters. The molecule has 0 spiro atoms. The second-order valence-corrected chi connectivity index (χ2v) is 16.3. The number of carbonyl (C=O) groups excluding carboxylic acids is 2. The zero-order valence-corrected chi connectivity index (χ0v) is 22.3. The number of hydrogen-bond donors (Lipinski definition) is 0. The van der Waals surface area contributed by atoms with Gasteiger partial charge < -0.3 is 9.16 Å². The van der Waals surface area contributed by atoms with E-state index in [4.69, 9.17) is 9.16 Å². The molecule has 184 valence electrons. The smallest absolute Gasteiger partial charge is 0.416 e. The quantitative estimate of drug-likeness (QED) is 0.380. The van der Waals surface area contributed by atoms with Crippen LogP contribution in [0.15, 0.2) is 30.3 Å². The van der Waals surface area contributed by atoms with Crippen LogP contribution in [0.4, 0.5) is 4.79 Å². The first-order valence-electron chi connectivity index (χ1n) is 12.8. The minimum absolute atomic E-state index is 0.0668. The molecule has 1 aromatic rings. The zero-order valence-electron chi connectivity index (χ0n) is 21.3. The van der Waals surface area contributed by atoms with Crippen molar-refractivity contribution in [2.45, 2.75) is 96.3 Å². The number of nitrogens with zero attached hydrogens (tertiary/aromatic N) is 1. The molecule has 1 heterocycles. The Morgan fingerprint density at radius 1 is 1.15 bits per heavy atom. The molecule has 5 nitrogen and oxygen atoms in total. The van der Waals surface area contributed by atoms with Crippen molar-refractivity contribution in [1.29, 1.82) is 0 Å². The molecule has 3 rings (SSSR count). The lowest BCUT2D eigenvalue weighted by Crippen LogP contribution is -2.45. The van der Waals surface area contributed by atoms with Gasteiger partial charge in [0.25, 0.3) is 0 Å². The second kappa shape index (κ2) is 11.2. The largest absolute Gasteiger partial charge is 0.447 e. The van der Waals surface area contributed by atoms with Gasteiger partial charge in [-0.25, -0.2) is 9.69 Å². The Morgan fingerprint density at radius 3 is 2.45 bits per heavy atom. The van der Waals surface area contributed by atoms with Crippen LogP contribution >= 0.6 is 0 Å². The fourth-order valence-electron chi connectivity index (χ4n) is 4.80. The lowest BCUT2D eigenvalue weighted by molar-refractivity contribution is -0.134. The third kappa shape index (κ3) is 6.92. The Morgan fingerprint density at radius 2 is 1.82 bits per heavy atom. The molecule has 0 radical (unpaired) electrons. The van der Waals surface area contributed by atoms with Gasteiger partial charge in [-0.05, 0) is 48.9 Å². The number of hydrogen-bond acceptors (Lipinski definition) is 4. The van der Waals surface area contributed by atoms with Gasteiger partial charge in [-0.15, -0.1) is 0 Å². The molecule has 0 aromatic heterocycles. The predicted octanol–water partition coefficient (Wildman–Crippen LogP) is 6.58. The summed E-state index contributed by atoms with van der Waals surface area (Å²) >= 11 is 0. The third-order valence-corrected chi connectivity index (χ3v) is 12.5. The molecule has 1 aromatic carbocycles. The molecular weight excluding hydrogens is 430 g/mol. The molecule has 1 aliphatic heterocycles. The van der Waals surface area contributed by atoms with Crippen LogP contribution in [0.2, 0.25) is 18.1 Å². The molecule has 6 heteroatoms. The topological polar surface area (TPSA) is 55.8 Å². The number of benzene rings is 1. The van der Waals surface area contributed by atoms with E-state index in [-0.39, 0.29) is 29.5 Å². The van der Waals surface area contributed by atoms with Crippen molar-refractivity contribution in [3.63, 3.8) is 0 Å². The molecule has 1 saturated carbocycles. The van der Waals surface area contributed by atoms with Crippen molar-refractivity contribution in [2.75, 3.05) is 13.2 Å². The molecule has 1 saturated heterocycles. The summed E-state index contributed by atoms with van der Waals surface area (Å²) in [6.07, 6.45) is 7.82. The maximum atomic E-state index is 13.8. The monoisotopic (exact) mass is 473 g/mol. The maximum Gasteiger partial charge on any atom is 0.416 e. The summed E-state index contributed by atoms with van der Waals surface area (Å²) in [7, 11) is -1.88. The Bertz CT molecular complexity index is 783. The lowest BCUT2D eigenvalue weighted by atomic mass is 9.81. The number of rotatable bonds is 9. The standard InChI is InChI=1S/C27H43NO4Si/c1-27(2,3)33(4,5)32-17-16-23(18-21-12-8-6-9-13-21)25(29)28-24(20-31-26(28)30)19-22-14-10-7-11-15-22/h7,10-11,14-15,21,23-24H,6,8-9,12-13,16-20H2,1-5H3. The SMILES string of the molecule is CC(C)(C)[Si](C)(C)OCCC(CC1CCCCC1)C(=O)N1C(=O)OCC1Cc1ccccc1. The van der Waals surface area contributed by atoms with Crippen molar-refractivity contribution < 1.29 is 18.8 Å². The van der Waals surface area contributed by atoms with Gasteiger partial charge in [0, 0.05) is 12.5 Å². The summed E-state index contributed by atoms with van der Waals surface area (Å²) in [4.78, 5) is 27.8. The van der Waals surface area contributed by atoms with Crippen LogP contribution in [-0.2, 0) is 20.4 Å². The number of amides is 2. The summed E-state index contributed by atoms with van der Waals surface area (Å²) in [5.41, 5.74) is 1.11. The van der Waals surface area contributed by atoms with Crippen LogP contribution in [0.25, 0.3) is 0 Å².